The van der Waals surface area contributed by atoms with Gasteiger partial charge in [-0.15, -0.1) is 11.3 Å². The summed E-state index contributed by atoms with van der Waals surface area (Å²) in [6, 6.07) is 3.61. The molecule has 0 spiro atoms. The quantitative estimate of drug-likeness (QED) is 0.639. The maximum absolute atomic E-state index is 11.7. The molecule has 2 amide bonds. The average molecular weight is 324 g/mol. The molecule has 0 aromatic carbocycles. The van der Waals surface area contributed by atoms with Crippen LogP contribution >= 0.6 is 11.3 Å². The van der Waals surface area contributed by atoms with Gasteiger partial charge in [-0.3, -0.25) is 9.59 Å². The van der Waals surface area contributed by atoms with Gasteiger partial charge >= 0.3 is 0 Å². The number of thiophene rings is 1. The van der Waals surface area contributed by atoms with Crippen molar-refractivity contribution >= 4 is 23.2 Å². The maximum atomic E-state index is 11.7. The van der Waals surface area contributed by atoms with Gasteiger partial charge in [0, 0.05) is 19.5 Å². The fourth-order valence-corrected chi connectivity index (χ4v) is 3.40. The van der Waals surface area contributed by atoms with Gasteiger partial charge in [0.05, 0.1) is 11.0 Å². The van der Waals surface area contributed by atoms with E-state index in [1.54, 1.807) is 6.07 Å². The molecular formula is C16H24N2O3S. The molecule has 0 saturated heterocycles. The molecule has 0 bridgehead atoms. The Labute approximate surface area is 135 Å². The Hall–Kier alpha value is -1.40. The zero-order valence-electron chi connectivity index (χ0n) is 12.7. The average Bonchev–Trinajstić information content (AvgIpc) is 3.21. The Balaban J connectivity index is 1.53. The summed E-state index contributed by atoms with van der Waals surface area (Å²) in [5.41, 5.74) is 0. The number of amides is 2. The van der Waals surface area contributed by atoms with Gasteiger partial charge in [-0.2, -0.15) is 0 Å². The zero-order valence-corrected chi connectivity index (χ0v) is 13.5. The van der Waals surface area contributed by atoms with Gasteiger partial charge < -0.3 is 15.7 Å². The fraction of sp³-hybridized carbons (Fsp3) is 0.625. The Morgan fingerprint density at radius 3 is 2.77 bits per heavy atom. The number of hydrogen-bond donors (Lipinski definition) is 3. The van der Waals surface area contributed by atoms with Crippen LogP contribution in [0.15, 0.2) is 17.5 Å². The maximum Gasteiger partial charge on any atom is 0.261 e. The topological polar surface area (TPSA) is 78.4 Å². The van der Waals surface area contributed by atoms with E-state index >= 15 is 0 Å². The minimum atomic E-state index is -0.426. The Kier molecular flexibility index (Phi) is 6.86. The SMILES string of the molecule is O=C(CCCNC(=O)c1cccs1)NCC(O)C1CCCC1. The monoisotopic (exact) mass is 324 g/mol. The third-order valence-electron chi connectivity index (χ3n) is 4.06. The highest BCUT2D eigenvalue weighted by atomic mass is 32.1. The molecule has 3 N–H and O–H groups in total. The lowest BCUT2D eigenvalue weighted by atomic mass is 10.0. The van der Waals surface area contributed by atoms with E-state index < -0.39 is 6.10 Å². The molecule has 1 aliphatic rings. The molecule has 22 heavy (non-hydrogen) atoms. The Bertz CT molecular complexity index is 470. The van der Waals surface area contributed by atoms with Crippen molar-refractivity contribution in [2.75, 3.05) is 13.1 Å². The fourth-order valence-electron chi connectivity index (χ4n) is 2.76. The molecule has 1 unspecified atom stereocenters. The van der Waals surface area contributed by atoms with E-state index in [2.05, 4.69) is 10.6 Å². The van der Waals surface area contributed by atoms with Crippen LogP contribution in [0.2, 0.25) is 0 Å². The zero-order chi connectivity index (χ0) is 15.8. The van der Waals surface area contributed by atoms with Gasteiger partial charge in [-0.05, 0) is 36.6 Å². The summed E-state index contributed by atoms with van der Waals surface area (Å²) in [6.07, 6.45) is 5.02. The van der Waals surface area contributed by atoms with Crippen LogP contribution in [-0.2, 0) is 4.79 Å². The number of hydrogen-bond acceptors (Lipinski definition) is 4. The third kappa shape index (κ3) is 5.42. The second kappa shape index (κ2) is 8.90. The largest absolute Gasteiger partial charge is 0.391 e. The number of rotatable bonds is 8. The molecule has 6 heteroatoms. The van der Waals surface area contributed by atoms with Gasteiger partial charge in [0.1, 0.15) is 0 Å². The van der Waals surface area contributed by atoms with Crippen molar-refractivity contribution in [1.82, 2.24) is 10.6 Å². The molecule has 1 aliphatic carbocycles. The molecule has 122 valence electrons. The number of carbonyl (C=O) groups is 2. The van der Waals surface area contributed by atoms with E-state index in [-0.39, 0.29) is 11.8 Å². The Morgan fingerprint density at radius 1 is 1.32 bits per heavy atom. The number of nitrogens with one attached hydrogen (secondary N) is 2. The van der Waals surface area contributed by atoms with Crippen LogP contribution in [0.25, 0.3) is 0 Å². The van der Waals surface area contributed by atoms with Gasteiger partial charge in [0.15, 0.2) is 0 Å². The minimum absolute atomic E-state index is 0.0672. The van der Waals surface area contributed by atoms with Crippen LogP contribution in [0.1, 0.15) is 48.2 Å². The van der Waals surface area contributed by atoms with Crippen LogP contribution in [-0.4, -0.2) is 36.1 Å². The van der Waals surface area contributed by atoms with E-state index in [1.165, 1.54) is 24.2 Å². The van der Waals surface area contributed by atoms with Crippen molar-refractivity contribution in [3.8, 4) is 0 Å². The first kappa shape index (κ1) is 17.0. The lowest BCUT2D eigenvalue weighted by Crippen LogP contribution is -2.35. The molecule has 1 saturated carbocycles. The molecule has 5 nitrogen and oxygen atoms in total. The number of aliphatic hydroxyl groups excluding tert-OH is 1. The van der Waals surface area contributed by atoms with Crippen molar-refractivity contribution in [1.29, 1.82) is 0 Å². The van der Waals surface area contributed by atoms with Gasteiger partial charge in [0.25, 0.3) is 5.91 Å². The summed E-state index contributed by atoms with van der Waals surface area (Å²) in [7, 11) is 0. The lowest BCUT2D eigenvalue weighted by molar-refractivity contribution is -0.121. The summed E-state index contributed by atoms with van der Waals surface area (Å²) in [6.45, 7) is 0.820. The first-order valence-electron chi connectivity index (χ1n) is 7.93. The molecule has 2 rings (SSSR count). The molecule has 1 atom stereocenters. The van der Waals surface area contributed by atoms with Crippen LogP contribution in [0.3, 0.4) is 0 Å². The minimum Gasteiger partial charge on any atom is -0.391 e. The van der Waals surface area contributed by atoms with Crippen molar-refractivity contribution in [2.45, 2.75) is 44.6 Å². The highest BCUT2D eigenvalue weighted by Gasteiger charge is 2.23. The highest BCUT2D eigenvalue weighted by Crippen LogP contribution is 2.27. The van der Waals surface area contributed by atoms with Crippen LogP contribution in [0.4, 0.5) is 0 Å². The summed E-state index contributed by atoms with van der Waals surface area (Å²) in [4.78, 5) is 24.1. The summed E-state index contributed by atoms with van der Waals surface area (Å²) < 4.78 is 0. The van der Waals surface area contributed by atoms with E-state index in [9.17, 15) is 14.7 Å². The first-order chi connectivity index (χ1) is 10.7. The van der Waals surface area contributed by atoms with E-state index in [4.69, 9.17) is 0 Å². The number of aliphatic hydroxyl groups is 1. The molecular weight excluding hydrogens is 300 g/mol. The predicted molar refractivity (Wildman–Crippen MR) is 86.9 cm³/mol. The normalized spacial score (nSPS) is 16.4. The van der Waals surface area contributed by atoms with E-state index in [0.717, 1.165) is 12.8 Å². The molecule has 0 radical (unpaired) electrons. The van der Waals surface area contributed by atoms with Crippen LogP contribution in [0.5, 0.6) is 0 Å². The van der Waals surface area contributed by atoms with Crippen LogP contribution < -0.4 is 10.6 Å². The van der Waals surface area contributed by atoms with Crippen LogP contribution in [0, 0.1) is 5.92 Å². The molecule has 0 aliphatic heterocycles. The van der Waals surface area contributed by atoms with E-state index in [0.29, 0.717) is 36.7 Å². The van der Waals surface area contributed by atoms with Crippen molar-refractivity contribution in [3.05, 3.63) is 22.4 Å². The highest BCUT2D eigenvalue weighted by molar-refractivity contribution is 7.12. The van der Waals surface area contributed by atoms with Gasteiger partial charge in [-0.1, -0.05) is 18.9 Å². The first-order valence-corrected chi connectivity index (χ1v) is 8.81. The second-order valence-electron chi connectivity index (χ2n) is 5.75. The smallest absolute Gasteiger partial charge is 0.261 e. The van der Waals surface area contributed by atoms with Gasteiger partial charge in [0.2, 0.25) is 5.91 Å². The number of carbonyl (C=O) groups excluding carboxylic acids is 2. The van der Waals surface area contributed by atoms with Crippen molar-refractivity contribution in [3.63, 3.8) is 0 Å². The van der Waals surface area contributed by atoms with E-state index in [1.807, 2.05) is 11.4 Å². The molecule has 1 aromatic rings. The Morgan fingerprint density at radius 2 is 2.09 bits per heavy atom. The van der Waals surface area contributed by atoms with Gasteiger partial charge in [-0.25, -0.2) is 0 Å². The standard InChI is InChI=1S/C16H24N2O3S/c19-13(12-5-1-2-6-12)11-18-15(20)8-3-9-17-16(21)14-7-4-10-22-14/h4,7,10,12-13,19H,1-3,5-6,8-9,11H2,(H,17,21)(H,18,20). The molecule has 1 aromatic heterocycles. The summed E-state index contributed by atoms with van der Waals surface area (Å²) in [5, 5.41) is 17.4. The van der Waals surface area contributed by atoms with Crippen molar-refractivity contribution < 1.29 is 14.7 Å². The summed E-state index contributed by atoms with van der Waals surface area (Å²) in [5.74, 6) is 0.180. The second-order valence-corrected chi connectivity index (χ2v) is 6.70. The molecule has 1 heterocycles. The third-order valence-corrected chi connectivity index (χ3v) is 4.93. The lowest BCUT2D eigenvalue weighted by Gasteiger charge is -2.18. The summed E-state index contributed by atoms with van der Waals surface area (Å²) >= 11 is 1.40. The molecule has 1 fully saturated rings. The predicted octanol–water partition coefficient (Wildman–Crippen LogP) is 1.93. The van der Waals surface area contributed by atoms with Crippen molar-refractivity contribution in [2.24, 2.45) is 5.92 Å².